The molecule has 0 aliphatic rings. The van der Waals surface area contributed by atoms with Crippen LogP contribution in [0.15, 0.2) is 48.8 Å². The monoisotopic (exact) mass is 220 g/mol. The summed E-state index contributed by atoms with van der Waals surface area (Å²) < 4.78 is 7.09. The first-order valence-corrected chi connectivity index (χ1v) is 4.98. The Morgan fingerprint density at radius 3 is 2.13 bits per heavy atom. The fourth-order valence-electron chi connectivity index (χ4n) is 1.33. The molecule has 1 aromatic carbocycles. The molecule has 0 atom stereocenters. The van der Waals surface area contributed by atoms with Crippen molar-refractivity contribution in [2.24, 2.45) is 0 Å². The van der Waals surface area contributed by atoms with Crippen LogP contribution in [-0.2, 0) is 0 Å². The van der Waals surface area contributed by atoms with Crippen LogP contribution in [0, 0.1) is 0 Å². The largest absolute Gasteiger partial charge is 0.496 e. The van der Waals surface area contributed by atoms with E-state index >= 15 is 0 Å². The maximum Gasteiger partial charge on any atom is 0.210 e. The van der Waals surface area contributed by atoms with Gasteiger partial charge in [-0.15, -0.1) is 0 Å². The molecular weight excluding hydrogens is 210 g/mol. The molecule has 1 aromatic heterocycles. The van der Waals surface area contributed by atoms with E-state index in [1.807, 2.05) is 53.4 Å². The summed E-state index contributed by atoms with van der Waals surface area (Å²) in [6.07, 6.45) is 3.89. The molecule has 2 nitrogen and oxygen atoms in total. The van der Waals surface area contributed by atoms with E-state index < -0.39 is 0 Å². The average Bonchev–Trinajstić information content (AvgIpc) is 2.30. The average molecular weight is 221 g/mol. The lowest BCUT2D eigenvalue weighted by Crippen LogP contribution is -2.28. The van der Waals surface area contributed by atoms with Gasteiger partial charge in [-0.3, -0.25) is 0 Å². The van der Waals surface area contributed by atoms with E-state index in [4.69, 9.17) is 16.3 Å². The van der Waals surface area contributed by atoms with Gasteiger partial charge in [0, 0.05) is 29.3 Å². The van der Waals surface area contributed by atoms with Crippen molar-refractivity contribution in [3.63, 3.8) is 0 Å². The summed E-state index contributed by atoms with van der Waals surface area (Å²) in [5, 5.41) is 0.743. The van der Waals surface area contributed by atoms with Gasteiger partial charge in [0.2, 0.25) is 5.69 Å². The minimum Gasteiger partial charge on any atom is -0.496 e. The van der Waals surface area contributed by atoms with Gasteiger partial charge in [0.1, 0.15) is 5.75 Å². The third kappa shape index (κ3) is 2.28. The molecule has 76 valence electrons. The second-order valence-electron chi connectivity index (χ2n) is 3.12. The second kappa shape index (κ2) is 4.32. The Balaban J connectivity index is 2.33. The molecule has 0 spiro atoms. The lowest BCUT2D eigenvalue weighted by atomic mass is 10.3. The summed E-state index contributed by atoms with van der Waals surface area (Å²) in [5.74, 6) is 0.847. The van der Waals surface area contributed by atoms with Crippen molar-refractivity contribution < 1.29 is 9.30 Å². The van der Waals surface area contributed by atoms with Crippen molar-refractivity contribution in [1.29, 1.82) is 0 Å². The number of pyridine rings is 1. The number of hydrogen-bond donors (Lipinski definition) is 0. The molecule has 0 saturated heterocycles. The maximum absolute atomic E-state index is 5.82. The highest BCUT2D eigenvalue weighted by Crippen LogP contribution is 2.10. The Labute approximate surface area is 93.7 Å². The summed E-state index contributed by atoms with van der Waals surface area (Å²) in [6, 6.07) is 11.5. The molecule has 15 heavy (non-hydrogen) atoms. The molecule has 3 heteroatoms. The van der Waals surface area contributed by atoms with Crippen LogP contribution in [0.4, 0.5) is 0 Å². The summed E-state index contributed by atoms with van der Waals surface area (Å²) in [7, 11) is 1.65. The van der Waals surface area contributed by atoms with Crippen molar-refractivity contribution in [1.82, 2.24) is 0 Å². The number of halogens is 1. The standard InChI is InChI=1S/C12H11ClNO/c1-15-12-6-8-14(9-7-12)11-4-2-10(13)3-5-11/h2-9H,1H3/q+1. The molecule has 0 amide bonds. The van der Waals surface area contributed by atoms with Gasteiger partial charge in [-0.2, -0.15) is 4.57 Å². The number of nitrogens with zero attached hydrogens (tertiary/aromatic N) is 1. The van der Waals surface area contributed by atoms with Crippen LogP contribution in [0.1, 0.15) is 0 Å². The molecule has 2 rings (SSSR count). The summed E-state index contributed by atoms with van der Waals surface area (Å²) in [5.41, 5.74) is 1.07. The molecular formula is C12H11ClNO+. The first-order chi connectivity index (χ1) is 7.29. The third-order valence-electron chi connectivity index (χ3n) is 2.16. The van der Waals surface area contributed by atoms with E-state index in [9.17, 15) is 0 Å². The maximum atomic E-state index is 5.82. The minimum absolute atomic E-state index is 0.743. The number of ether oxygens (including phenoxy) is 1. The van der Waals surface area contributed by atoms with Crippen LogP contribution in [-0.4, -0.2) is 7.11 Å². The van der Waals surface area contributed by atoms with Crippen molar-refractivity contribution in [3.8, 4) is 11.4 Å². The smallest absolute Gasteiger partial charge is 0.210 e. The zero-order valence-corrected chi connectivity index (χ0v) is 9.11. The number of hydrogen-bond acceptors (Lipinski definition) is 1. The molecule has 0 saturated carbocycles. The van der Waals surface area contributed by atoms with Gasteiger partial charge in [0.15, 0.2) is 12.4 Å². The number of aromatic nitrogens is 1. The van der Waals surface area contributed by atoms with Gasteiger partial charge >= 0.3 is 0 Å². The third-order valence-corrected chi connectivity index (χ3v) is 2.41. The van der Waals surface area contributed by atoms with E-state index in [1.165, 1.54) is 0 Å². The summed E-state index contributed by atoms with van der Waals surface area (Å²) >= 11 is 5.82. The van der Waals surface area contributed by atoms with Crippen molar-refractivity contribution in [3.05, 3.63) is 53.8 Å². The van der Waals surface area contributed by atoms with E-state index in [1.54, 1.807) is 7.11 Å². The molecule has 0 fully saturated rings. The Morgan fingerprint density at radius 2 is 1.60 bits per heavy atom. The van der Waals surface area contributed by atoms with Gasteiger partial charge in [-0.05, 0) is 12.1 Å². The van der Waals surface area contributed by atoms with Crippen molar-refractivity contribution in [2.45, 2.75) is 0 Å². The van der Waals surface area contributed by atoms with Crippen LogP contribution >= 0.6 is 11.6 Å². The van der Waals surface area contributed by atoms with Gasteiger partial charge in [0.25, 0.3) is 0 Å². The number of benzene rings is 1. The molecule has 0 aliphatic carbocycles. The quantitative estimate of drug-likeness (QED) is 0.710. The highest BCUT2D eigenvalue weighted by atomic mass is 35.5. The number of methoxy groups -OCH3 is 1. The van der Waals surface area contributed by atoms with Gasteiger partial charge in [-0.1, -0.05) is 11.6 Å². The Hall–Kier alpha value is -1.54. The zero-order valence-electron chi connectivity index (χ0n) is 8.35. The first-order valence-electron chi connectivity index (χ1n) is 4.61. The molecule has 1 heterocycles. The van der Waals surface area contributed by atoms with Crippen molar-refractivity contribution >= 4 is 11.6 Å². The SMILES string of the molecule is COc1cc[n+](-c2ccc(Cl)cc2)cc1. The van der Waals surface area contributed by atoms with Gasteiger partial charge < -0.3 is 4.74 Å². The van der Waals surface area contributed by atoms with E-state index in [0.717, 1.165) is 16.5 Å². The summed E-state index contributed by atoms with van der Waals surface area (Å²) in [6.45, 7) is 0. The van der Waals surface area contributed by atoms with Crippen molar-refractivity contribution in [2.75, 3.05) is 7.11 Å². The Kier molecular flexibility index (Phi) is 2.88. The normalized spacial score (nSPS) is 10.0. The molecule has 0 radical (unpaired) electrons. The predicted molar refractivity (Wildman–Crippen MR) is 59.5 cm³/mol. The lowest BCUT2D eigenvalue weighted by molar-refractivity contribution is -0.595. The second-order valence-corrected chi connectivity index (χ2v) is 3.56. The Bertz CT molecular complexity index is 436. The van der Waals surface area contributed by atoms with Gasteiger partial charge in [-0.25, -0.2) is 0 Å². The fourth-order valence-corrected chi connectivity index (χ4v) is 1.46. The fraction of sp³-hybridized carbons (Fsp3) is 0.0833. The van der Waals surface area contributed by atoms with Crippen LogP contribution in [0.5, 0.6) is 5.75 Å². The highest BCUT2D eigenvalue weighted by Gasteiger charge is 2.04. The van der Waals surface area contributed by atoms with E-state index in [2.05, 4.69) is 0 Å². The lowest BCUT2D eigenvalue weighted by Gasteiger charge is -1.98. The highest BCUT2D eigenvalue weighted by molar-refractivity contribution is 6.30. The first kappa shape index (κ1) is 9.99. The van der Waals surface area contributed by atoms with Crippen LogP contribution in [0.3, 0.4) is 0 Å². The Morgan fingerprint density at radius 1 is 1.00 bits per heavy atom. The molecule has 0 unspecified atom stereocenters. The summed E-state index contributed by atoms with van der Waals surface area (Å²) in [4.78, 5) is 0. The molecule has 0 bridgehead atoms. The van der Waals surface area contributed by atoms with Gasteiger partial charge in [0.05, 0.1) is 7.11 Å². The minimum atomic E-state index is 0.743. The zero-order chi connectivity index (χ0) is 10.7. The predicted octanol–water partition coefficient (Wildman–Crippen LogP) is 2.63. The van der Waals surface area contributed by atoms with E-state index in [0.29, 0.717) is 0 Å². The molecule has 2 aromatic rings. The van der Waals surface area contributed by atoms with Crippen LogP contribution < -0.4 is 9.30 Å². The number of rotatable bonds is 2. The van der Waals surface area contributed by atoms with E-state index in [-0.39, 0.29) is 0 Å². The molecule has 0 aliphatic heterocycles. The topological polar surface area (TPSA) is 13.1 Å². The van der Waals surface area contributed by atoms with Crippen LogP contribution in [0.25, 0.3) is 5.69 Å². The molecule has 0 N–H and O–H groups in total. The van der Waals surface area contributed by atoms with Crippen LogP contribution in [0.2, 0.25) is 5.02 Å².